The number of ketones is 2. The quantitative estimate of drug-likeness (QED) is 0.645. The van der Waals surface area contributed by atoms with Crippen molar-refractivity contribution in [3.05, 3.63) is 35.4 Å². The summed E-state index contributed by atoms with van der Waals surface area (Å²) < 4.78 is 36.2. The molecule has 2 N–H and O–H groups in total. The Morgan fingerprint density at radius 1 is 1.21 bits per heavy atom. The first-order valence-electron chi connectivity index (χ1n) is 5.37. The molecule has 8 heteroatoms. The average Bonchev–Trinajstić information content (AvgIpc) is 3.12. The van der Waals surface area contributed by atoms with E-state index in [1.54, 1.807) is 16.9 Å². The molecule has 19 heavy (non-hydrogen) atoms. The molecular formula is C11H10F3N3O2. The normalized spacial score (nSPS) is 11.7. The van der Waals surface area contributed by atoms with Gasteiger partial charge in [-0.15, -0.1) is 0 Å². The van der Waals surface area contributed by atoms with Gasteiger partial charge in [-0.1, -0.05) is 18.2 Å². The highest BCUT2D eigenvalue weighted by Gasteiger charge is 2.39. The Morgan fingerprint density at radius 2 is 1.89 bits per heavy atom. The van der Waals surface area contributed by atoms with Crippen molar-refractivity contribution >= 4 is 11.6 Å². The van der Waals surface area contributed by atoms with Crippen LogP contribution in [0.4, 0.5) is 13.2 Å². The van der Waals surface area contributed by atoms with Crippen molar-refractivity contribution in [2.45, 2.75) is 19.1 Å². The number of H-pyrrole nitrogens is 2. The fraction of sp³-hybridized carbons (Fsp3) is 0.273. The van der Waals surface area contributed by atoms with Gasteiger partial charge < -0.3 is 0 Å². The van der Waals surface area contributed by atoms with Crippen LogP contribution >= 0.6 is 0 Å². The van der Waals surface area contributed by atoms with Crippen LogP contribution in [0.15, 0.2) is 24.3 Å². The molecule has 0 bridgehead atoms. The second-order valence-corrected chi connectivity index (χ2v) is 4.03. The lowest BCUT2D eigenvalue weighted by atomic mass is 10.0. The van der Waals surface area contributed by atoms with Crippen LogP contribution in [0.2, 0.25) is 0 Å². The van der Waals surface area contributed by atoms with Crippen LogP contribution in [0.1, 0.15) is 22.3 Å². The van der Waals surface area contributed by atoms with Crippen molar-refractivity contribution in [2.75, 3.05) is 0 Å². The van der Waals surface area contributed by atoms with Gasteiger partial charge in [-0.05, 0) is 11.6 Å². The van der Waals surface area contributed by atoms with Gasteiger partial charge >= 0.3 is 6.18 Å². The van der Waals surface area contributed by atoms with E-state index in [0.29, 0.717) is 6.54 Å². The van der Waals surface area contributed by atoms with Crippen LogP contribution in [0, 0.1) is 0 Å². The van der Waals surface area contributed by atoms with E-state index >= 15 is 0 Å². The minimum atomic E-state index is -4.97. The van der Waals surface area contributed by atoms with Crippen LogP contribution in [0.25, 0.3) is 0 Å². The summed E-state index contributed by atoms with van der Waals surface area (Å²) in [6, 6.07) is 6.14. The van der Waals surface area contributed by atoms with E-state index < -0.39 is 24.2 Å². The predicted molar refractivity (Wildman–Crippen MR) is 58.7 cm³/mol. The topological polar surface area (TPSA) is 70.7 Å². The first-order valence-corrected chi connectivity index (χ1v) is 5.37. The van der Waals surface area contributed by atoms with Gasteiger partial charge in [-0.2, -0.15) is 18.0 Å². The highest BCUT2D eigenvalue weighted by Crippen LogP contribution is 2.19. The molecule has 2 rings (SSSR count). The van der Waals surface area contributed by atoms with Crippen LogP contribution in [0.5, 0.6) is 0 Å². The smallest absolute Gasteiger partial charge is 0.294 e. The minimum absolute atomic E-state index is 0.0944. The molecule has 0 fully saturated rings. The number of nitrogens with one attached hydrogen (secondary N) is 2. The molecule has 102 valence electrons. The standard InChI is InChI=1S/C11H10F3N3O2/c12-11(13,14)10(19)5-9(18)8-3-1-2-7(4-8)6-17-15-16-17/h1-4,15-16H,5-6H2. The van der Waals surface area contributed by atoms with E-state index in [9.17, 15) is 22.8 Å². The Kier molecular flexibility index (Phi) is 3.32. The maximum absolute atomic E-state index is 12.1. The summed E-state index contributed by atoms with van der Waals surface area (Å²) in [6.07, 6.45) is -6.13. The van der Waals surface area contributed by atoms with E-state index in [2.05, 4.69) is 10.4 Å². The van der Waals surface area contributed by atoms with Gasteiger partial charge in [0.05, 0.1) is 13.0 Å². The summed E-state index contributed by atoms with van der Waals surface area (Å²) in [7, 11) is 0. The maximum Gasteiger partial charge on any atom is 0.450 e. The van der Waals surface area contributed by atoms with E-state index in [0.717, 1.165) is 5.56 Å². The molecule has 1 aromatic carbocycles. The Morgan fingerprint density at radius 3 is 2.47 bits per heavy atom. The molecule has 0 saturated heterocycles. The van der Waals surface area contributed by atoms with E-state index in [1.165, 1.54) is 12.1 Å². The Hall–Kier alpha value is -2.25. The lowest BCUT2D eigenvalue weighted by Crippen LogP contribution is -2.25. The number of Topliss-reactive ketones (excluding diaryl/α,β-unsaturated/α-hetero) is 2. The summed E-state index contributed by atoms with van der Waals surface area (Å²) in [5.74, 6) is -2.87. The molecule has 2 aromatic rings. The lowest BCUT2D eigenvalue weighted by molar-refractivity contribution is -0.170. The zero-order valence-corrected chi connectivity index (χ0v) is 9.62. The van der Waals surface area contributed by atoms with Crippen LogP contribution in [-0.4, -0.2) is 33.0 Å². The third-order valence-electron chi connectivity index (χ3n) is 2.50. The molecule has 0 spiro atoms. The van der Waals surface area contributed by atoms with Crippen molar-refractivity contribution in [1.82, 2.24) is 15.2 Å². The van der Waals surface area contributed by atoms with Crippen molar-refractivity contribution in [3.8, 4) is 0 Å². The molecule has 1 aromatic heterocycles. The molecular weight excluding hydrogens is 263 g/mol. The number of hydrogen-bond acceptors (Lipinski definition) is 2. The van der Waals surface area contributed by atoms with Crippen LogP contribution < -0.4 is 0 Å². The summed E-state index contributed by atoms with van der Waals surface area (Å²) in [5, 5.41) is 5.36. The van der Waals surface area contributed by atoms with E-state index in [4.69, 9.17) is 0 Å². The molecule has 0 aliphatic carbocycles. The second-order valence-electron chi connectivity index (χ2n) is 4.03. The second kappa shape index (κ2) is 4.79. The van der Waals surface area contributed by atoms with Gasteiger partial charge in [0.15, 0.2) is 5.78 Å². The number of aromatic nitrogens is 3. The number of rotatable bonds is 5. The number of aromatic amines is 2. The molecule has 5 nitrogen and oxygen atoms in total. The van der Waals surface area contributed by atoms with Gasteiger partial charge in [0.1, 0.15) is 0 Å². The summed E-state index contributed by atoms with van der Waals surface area (Å²) in [4.78, 5) is 24.0. The zero-order valence-electron chi connectivity index (χ0n) is 9.62. The molecule has 0 atom stereocenters. The highest BCUT2D eigenvalue weighted by molar-refractivity contribution is 6.09. The fourth-order valence-electron chi connectivity index (χ4n) is 1.49. The maximum atomic E-state index is 12.1. The zero-order chi connectivity index (χ0) is 14.0. The number of benzene rings is 1. The van der Waals surface area contributed by atoms with E-state index in [-0.39, 0.29) is 5.56 Å². The molecule has 0 amide bonds. The monoisotopic (exact) mass is 273 g/mol. The van der Waals surface area contributed by atoms with Crippen LogP contribution in [-0.2, 0) is 11.3 Å². The third kappa shape index (κ3) is 3.60. The van der Waals surface area contributed by atoms with Gasteiger partial charge in [-0.3, -0.25) is 9.59 Å². The summed E-state index contributed by atoms with van der Waals surface area (Å²) in [5.41, 5.74) is 0.833. The van der Waals surface area contributed by atoms with Gasteiger partial charge in [0.25, 0.3) is 0 Å². The van der Waals surface area contributed by atoms with Crippen LogP contribution in [0.3, 0.4) is 0 Å². The van der Waals surface area contributed by atoms with Gasteiger partial charge in [-0.25, -0.2) is 10.4 Å². The number of alkyl halides is 3. The molecule has 0 aliphatic heterocycles. The average molecular weight is 273 g/mol. The molecule has 0 unspecified atom stereocenters. The molecule has 1 heterocycles. The SMILES string of the molecule is O=C(CC(=O)C(F)(F)F)c1cccc(Cn2[nH][nH]2)c1. The summed E-state index contributed by atoms with van der Waals surface area (Å²) >= 11 is 0. The first kappa shape index (κ1) is 13.2. The van der Waals surface area contributed by atoms with Gasteiger partial charge in [0.2, 0.25) is 5.78 Å². The number of nitrogens with zero attached hydrogens (tertiary/aromatic N) is 1. The largest absolute Gasteiger partial charge is 0.450 e. The predicted octanol–water partition coefficient (Wildman–Crippen LogP) is 1.90. The molecule has 0 radical (unpaired) electrons. The lowest BCUT2D eigenvalue weighted by Gasteiger charge is -2.05. The highest BCUT2D eigenvalue weighted by atomic mass is 19.4. The number of carbonyl (C=O) groups is 2. The minimum Gasteiger partial charge on any atom is -0.294 e. The van der Waals surface area contributed by atoms with E-state index in [1.807, 2.05) is 0 Å². The number of carbonyl (C=O) groups excluding carboxylic acids is 2. The molecule has 0 aliphatic rings. The Bertz CT molecular complexity index is 583. The first-order chi connectivity index (χ1) is 8.86. The Balaban J connectivity index is 2.07. The van der Waals surface area contributed by atoms with Crippen molar-refractivity contribution in [2.24, 2.45) is 0 Å². The number of hydrogen-bond donors (Lipinski definition) is 2. The number of halogens is 3. The van der Waals surface area contributed by atoms with Crippen molar-refractivity contribution in [1.29, 1.82) is 0 Å². The van der Waals surface area contributed by atoms with Gasteiger partial charge in [0, 0.05) is 5.56 Å². The third-order valence-corrected chi connectivity index (χ3v) is 2.50. The summed E-state index contributed by atoms with van der Waals surface area (Å²) in [6.45, 7) is 0.453. The van der Waals surface area contributed by atoms with Crippen molar-refractivity contribution < 1.29 is 22.8 Å². The Labute approximate surface area is 105 Å². The van der Waals surface area contributed by atoms with Crippen molar-refractivity contribution in [3.63, 3.8) is 0 Å². The fourth-order valence-corrected chi connectivity index (χ4v) is 1.49. The molecule has 0 saturated carbocycles.